The Morgan fingerprint density at radius 2 is 1.88 bits per heavy atom. The van der Waals surface area contributed by atoms with E-state index in [9.17, 15) is 5.11 Å². The molecule has 1 heterocycles. The summed E-state index contributed by atoms with van der Waals surface area (Å²) in [5, 5.41) is 14.0. The SMILES string of the molecule is Cc1c(O)nn(CC(C)C)c1-c1ccccc1. The summed E-state index contributed by atoms with van der Waals surface area (Å²) >= 11 is 0. The number of nitrogens with zero attached hydrogens (tertiary/aromatic N) is 2. The summed E-state index contributed by atoms with van der Waals surface area (Å²) in [7, 11) is 0. The second-order valence-electron chi connectivity index (χ2n) is 4.74. The van der Waals surface area contributed by atoms with E-state index < -0.39 is 0 Å². The first-order chi connectivity index (χ1) is 8.09. The van der Waals surface area contributed by atoms with E-state index in [0.29, 0.717) is 5.92 Å². The van der Waals surface area contributed by atoms with Crippen LogP contribution in [0.5, 0.6) is 5.88 Å². The second kappa shape index (κ2) is 4.62. The maximum Gasteiger partial charge on any atom is 0.233 e. The van der Waals surface area contributed by atoms with Crippen LogP contribution in [0.4, 0.5) is 0 Å². The molecule has 3 nitrogen and oxygen atoms in total. The van der Waals surface area contributed by atoms with E-state index in [2.05, 4.69) is 18.9 Å². The molecule has 0 unspecified atom stereocenters. The lowest BCUT2D eigenvalue weighted by molar-refractivity contribution is 0.419. The van der Waals surface area contributed by atoms with Crippen LogP contribution in [0.2, 0.25) is 0 Å². The Morgan fingerprint density at radius 3 is 2.47 bits per heavy atom. The largest absolute Gasteiger partial charge is 0.492 e. The molecule has 0 aliphatic carbocycles. The fraction of sp³-hybridized carbons (Fsp3) is 0.357. The van der Waals surface area contributed by atoms with Crippen molar-refractivity contribution in [3.05, 3.63) is 35.9 Å². The molecule has 0 aliphatic heterocycles. The molecule has 17 heavy (non-hydrogen) atoms. The molecule has 0 aliphatic rings. The molecule has 1 aromatic heterocycles. The van der Waals surface area contributed by atoms with Gasteiger partial charge in [0.1, 0.15) is 0 Å². The van der Waals surface area contributed by atoms with Crippen molar-refractivity contribution in [2.75, 3.05) is 0 Å². The average molecular weight is 230 g/mol. The molecule has 0 atom stereocenters. The lowest BCUT2D eigenvalue weighted by Gasteiger charge is -2.10. The van der Waals surface area contributed by atoms with E-state index in [1.807, 2.05) is 41.9 Å². The zero-order chi connectivity index (χ0) is 12.4. The molecule has 0 bridgehead atoms. The highest BCUT2D eigenvalue weighted by Gasteiger charge is 2.15. The van der Waals surface area contributed by atoms with Crippen LogP contribution >= 0.6 is 0 Å². The van der Waals surface area contributed by atoms with E-state index >= 15 is 0 Å². The molecule has 3 heteroatoms. The van der Waals surface area contributed by atoms with Gasteiger partial charge in [0.05, 0.1) is 5.69 Å². The fourth-order valence-electron chi connectivity index (χ4n) is 1.98. The van der Waals surface area contributed by atoms with Gasteiger partial charge in [-0.1, -0.05) is 44.2 Å². The van der Waals surface area contributed by atoms with E-state index in [1.54, 1.807) is 0 Å². The van der Waals surface area contributed by atoms with Crippen LogP contribution in [0.1, 0.15) is 19.4 Å². The van der Waals surface area contributed by atoms with E-state index in [-0.39, 0.29) is 5.88 Å². The Kier molecular flexibility index (Phi) is 3.18. The zero-order valence-corrected chi connectivity index (χ0v) is 10.5. The Labute approximate surface area is 102 Å². The molecule has 1 aromatic carbocycles. The lowest BCUT2D eigenvalue weighted by atomic mass is 10.1. The van der Waals surface area contributed by atoms with Crippen molar-refractivity contribution in [3.8, 4) is 17.1 Å². The molecule has 0 amide bonds. The number of aromatic hydroxyl groups is 1. The predicted octanol–water partition coefficient (Wildman–Crippen LogP) is 3.22. The summed E-state index contributed by atoms with van der Waals surface area (Å²) in [6.07, 6.45) is 0. The van der Waals surface area contributed by atoms with E-state index in [0.717, 1.165) is 23.4 Å². The third-order valence-electron chi connectivity index (χ3n) is 2.75. The van der Waals surface area contributed by atoms with E-state index in [4.69, 9.17) is 0 Å². The summed E-state index contributed by atoms with van der Waals surface area (Å²) < 4.78 is 1.89. The maximum absolute atomic E-state index is 9.76. The number of benzene rings is 1. The molecule has 2 aromatic rings. The number of hydrogen-bond acceptors (Lipinski definition) is 2. The Hall–Kier alpha value is -1.77. The van der Waals surface area contributed by atoms with Crippen molar-refractivity contribution in [2.45, 2.75) is 27.3 Å². The van der Waals surface area contributed by atoms with Gasteiger partial charge in [-0.2, -0.15) is 0 Å². The minimum Gasteiger partial charge on any atom is -0.492 e. The summed E-state index contributed by atoms with van der Waals surface area (Å²) in [5.41, 5.74) is 2.95. The topological polar surface area (TPSA) is 38.1 Å². The molecule has 90 valence electrons. The normalized spacial score (nSPS) is 11.1. The van der Waals surface area contributed by atoms with Gasteiger partial charge < -0.3 is 5.11 Å². The van der Waals surface area contributed by atoms with Gasteiger partial charge in [-0.15, -0.1) is 5.10 Å². The van der Waals surface area contributed by atoms with Gasteiger partial charge in [0, 0.05) is 17.7 Å². The smallest absolute Gasteiger partial charge is 0.233 e. The predicted molar refractivity (Wildman–Crippen MR) is 68.9 cm³/mol. The molecule has 0 fully saturated rings. The number of hydrogen-bond donors (Lipinski definition) is 1. The molecular weight excluding hydrogens is 212 g/mol. The van der Waals surface area contributed by atoms with Crippen molar-refractivity contribution in [2.24, 2.45) is 5.92 Å². The molecule has 2 rings (SSSR count). The number of rotatable bonds is 3. The number of aromatic nitrogens is 2. The van der Waals surface area contributed by atoms with Crippen molar-refractivity contribution in [1.29, 1.82) is 0 Å². The van der Waals surface area contributed by atoms with Crippen LogP contribution in [0, 0.1) is 12.8 Å². The Bertz CT molecular complexity index is 500. The summed E-state index contributed by atoms with van der Waals surface area (Å²) in [5.74, 6) is 0.626. The van der Waals surface area contributed by atoms with Crippen molar-refractivity contribution in [1.82, 2.24) is 9.78 Å². The van der Waals surface area contributed by atoms with Crippen LogP contribution in [0.3, 0.4) is 0 Å². The second-order valence-corrected chi connectivity index (χ2v) is 4.74. The van der Waals surface area contributed by atoms with Crippen LogP contribution in [0.15, 0.2) is 30.3 Å². The van der Waals surface area contributed by atoms with Gasteiger partial charge in [-0.3, -0.25) is 4.68 Å². The molecule has 1 N–H and O–H groups in total. The minimum absolute atomic E-state index is 0.129. The van der Waals surface area contributed by atoms with Gasteiger partial charge in [0.2, 0.25) is 5.88 Å². The fourth-order valence-corrected chi connectivity index (χ4v) is 1.98. The van der Waals surface area contributed by atoms with Crippen LogP contribution in [-0.4, -0.2) is 14.9 Å². The molecule has 0 saturated carbocycles. The Balaban J connectivity index is 2.52. The van der Waals surface area contributed by atoms with Crippen molar-refractivity contribution >= 4 is 0 Å². The quantitative estimate of drug-likeness (QED) is 0.879. The van der Waals surface area contributed by atoms with Gasteiger partial charge in [-0.25, -0.2) is 0 Å². The standard InChI is InChI=1S/C14H18N2O/c1-10(2)9-16-13(11(3)14(17)15-16)12-7-5-4-6-8-12/h4-8,10H,9H2,1-3H3,(H,15,17). The van der Waals surface area contributed by atoms with Crippen molar-refractivity contribution in [3.63, 3.8) is 0 Å². The highest BCUT2D eigenvalue weighted by atomic mass is 16.3. The van der Waals surface area contributed by atoms with Gasteiger partial charge in [0.15, 0.2) is 0 Å². The molecular formula is C14H18N2O. The molecule has 0 spiro atoms. The van der Waals surface area contributed by atoms with Crippen molar-refractivity contribution < 1.29 is 5.11 Å². The van der Waals surface area contributed by atoms with Gasteiger partial charge >= 0.3 is 0 Å². The highest BCUT2D eigenvalue weighted by molar-refractivity contribution is 5.65. The third-order valence-corrected chi connectivity index (χ3v) is 2.75. The first kappa shape index (κ1) is 11.7. The summed E-state index contributed by atoms with van der Waals surface area (Å²) in [4.78, 5) is 0. The van der Waals surface area contributed by atoms with E-state index in [1.165, 1.54) is 0 Å². The average Bonchev–Trinajstić information content (AvgIpc) is 2.55. The van der Waals surface area contributed by atoms with Crippen LogP contribution in [0.25, 0.3) is 11.3 Å². The van der Waals surface area contributed by atoms with Crippen LogP contribution < -0.4 is 0 Å². The molecule has 0 radical (unpaired) electrons. The zero-order valence-electron chi connectivity index (χ0n) is 10.5. The monoisotopic (exact) mass is 230 g/mol. The Morgan fingerprint density at radius 1 is 1.24 bits per heavy atom. The van der Waals surface area contributed by atoms with Gasteiger partial charge in [-0.05, 0) is 12.8 Å². The highest BCUT2D eigenvalue weighted by Crippen LogP contribution is 2.29. The minimum atomic E-state index is 0.129. The maximum atomic E-state index is 9.76. The third kappa shape index (κ3) is 2.33. The summed E-state index contributed by atoms with van der Waals surface area (Å²) in [6, 6.07) is 10.1. The van der Waals surface area contributed by atoms with Crippen LogP contribution in [-0.2, 0) is 6.54 Å². The first-order valence-corrected chi connectivity index (χ1v) is 5.91. The summed E-state index contributed by atoms with van der Waals surface area (Å²) in [6.45, 7) is 7.00. The van der Waals surface area contributed by atoms with Gasteiger partial charge in [0.25, 0.3) is 0 Å². The first-order valence-electron chi connectivity index (χ1n) is 5.91. The lowest BCUT2D eigenvalue weighted by Crippen LogP contribution is -2.07. The molecule has 0 saturated heterocycles.